The number of hydrogen-bond acceptors (Lipinski definition) is 4. The second kappa shape index (κ2) is 6.47. The molecule has 4 nitrogen and oxygen atoms in total. The van der Waals surface area contributed by atoms with Crippen LogP contribution in [0.15, 0.2) is 11.1 Å². The SMILES string of the molecule is CC[C@]12CCC3=C(CCC4(C)OCCO4)C(=O)CC[C@H]3[C@@H]1CC[C@@H]2O. The van der Waals surface area contributed by atoms with Crippen LogP contribution in [-0.4, -0.2) is 36.0 Å². The molecule has 4 aliphatic rings. The van der Waals surface area contributed by atoms with Crippen molar-refractivity contribution in [3.05, 3.63) is 11.1 Å². The maximum atomic E-state index is 12.7. The van der Waals surface area contributed by atoms with Crippen LogP contribution in [-0.2, 0) is 14.3 Å². The normalized spacial score (nSPS) is 40.3. The summed E-state index contributed by atoms with van der Waals surface area (Å²) in [5.41, 5.74) is 2.59. The predicted octanol–water partition coefficient (Wildman–Crippen LogP) is 3.77. The van der Waals surface area contributed by atoms with Gasteiger partial charge in [-0.2, -0.15) is 0 Å². The van der Waals surface area contributed by atoms with Crippen LogP contribution in [0.4, 0.5) is 0 Å². The standard InChI is InChI=1S/C21H32O4/c1-3-21-11-9-14-15(17(21)5-7-19(21)23)4-6-18(22)16(14)8-10-20(2)24-12-13-25-20/h15,17,19,23H,3-13H2,1-2H3/t15-,17+,19+,21+/m1/s1. The van der Waals surface area contributed by atoms with E-state index in [1.807, 2.05) is 6.92 Å². The van der Waals surface area contributed by atoms with Gasteiger partial charge in [-0.25, -0.2) is 0 Å². The van der Waals surface area contributed by atoms with Gasteiger partial charge in [0.15, 0.2) is 11.6 Å². The highest BCUT2D eigenvalue weighted by atomic mass is 16.7. The van der Waals surface area contributed by atoms with Crippen molar-refractivity contribution in [2.45, 2.75) is 83.5 Å². The Labute approximate surface area is 151 Å². The highest BCUT2D eigenvalue weighted by molar-refractivity contribution is 5.97. The average Bonchev–Trinajstić information content (AvgIpc) is 3.18. The number of aliphatic hydroxyl groups is 1. The molecule has 0 unspecified atom stereocenters. The number of ether oxygens (including phenoxy) is 2. The van der Waals surface area contributed by atoms with Gasteiger partial charge < -0.3 is 14.6 Å². The van der Waals surface area contributed by atoms with Crippen LogP contribution in [0.25, 0.3) is 0 Å². The molecule has 3 fully saturated rings. The topological polar surface area (TPSA) is 55.8 Å². The third kappa shape index (κ3) is 2.81. The molecule has 25 heavy (non-hydrogen) atoms. The Hall–Kier alpha value is -0.710. The van der Waals surface area contributed by atoms with Crippen LogP contribution in [0.1, 0.15) is 71.6 Å². The summed E-state index contributed by atoms with van der Waals surface area (Å²) in [5.74, 6) is 0.896. The second-order valence-corrected chi connectivity index (χ2v) is 8.69. The molecule has 0 amide bonds. The fourth-order valence-electron chi connectivity index (χ4n) is 6.30. The van der Waals surface area contributed by atoms with Gasteiger partial charge in [-0.3, -0.25) is 4.79 Å². The van der Waals surface area contributed by atoms with E-state index in [1.54, 1.807) is 0 Å². The number of carbonyl (C=O) groups is 1. The Bertz CT molecular complexity index is 574. The molecule has 0 spiro atoms. The van der Waals surface area contributed by atoms with E-state index in [-0.39, 0.29) is 11.5 Å². The Kier molecular flexibility index (Phi) is 4.58. The van der Waals surface area contributed by atoms with Crippen molar-refractivity contribution >= 4 is 5.78 Å². The van der Waals surface area contributed by atoms with E-state index < -0.39 is 5.79 Å². The fraction of sp³-hybridized carbons (Fsp3) is 0.857. The number of fused-ring (bicyclic) bond motifs is 3. The van der Waals surface area contributed by atoms with Crippen LogP contribution < -0.4 is 0 Å². The molecule has 140 valence electrons. The van der Waals surface area contributed by atoms with Gasteiger partial charge in [-0.05, 0) is 74.7 Å². The molecule has 0 bridgehead atoms. The molecule has 0 aromatic heterocycles. The van der Waals surface area contributed by atoms with Crippen LogP contribution >= 0.6 is 0 Å². The van der Waals surface area contributed by atoms with Gasteiger partial charge in [-0.1, -0.05) is 12.5 Å². The van der Waals surface area contributed by atoms with Gasteiger partial charge in [0.2, 0.25) is 0 Å². The lowest BCUT2D eigenvalue weighted by Crippen LogP contribution is -2.44. The van der Waals surface area contributed by atoms with Crippen molar-refractivity contribution in [1.82, 2.24) is 0 Å². The quantitative estimate of drug-likeness (QED) is 0.840. The Morgan fingerprint density at radius 3 is 2.64 bits per heavy atom. The largest absolute Gasteiger partial charge is 0.393 e. The number of allylic oxidation sites excluding steroid dienone is 2. The Morgan fingerprint density at radius 2 is 1.92 bits per heavy atom. The van der Waals surface area contributed by atoms with E-state index in [2.05, 4.69) is 6.92 Å². The van der Waals surface area contributed by atoms with Crippen LogP contribution in [0.5, 0.6) is 0 Å². The lowest BCUT2D eigenvalue weighted by Gasteiger charge is -2.49. The molecule has 1 saturated heterocycles. The van der Waals surface area contributed by atoms with Gasteiger partial charge in [0, 0.05) is 12.8 Å². The van der Waals surface area contributed by atoms with E-state index in [1.165, 1.54) is 5.57 Å². The maximum absolute atomic E-state index is 12.7. The summed E-state index contributed by atoms with van der Waals surface area (Å²) in [4.78, 5) is 12.7. The van der Waals surface area contributed by atoms with Gasteiger partial charge in [0.1, 0.15) is 0 Å². The predicted molar refractivity (Wildman–Crippen MR) is 95.0 cm³/mol. The molecular formula is C21H32O4. The Morgan fingerprint density at radius 1 is 1.16 bits per heavy atom. The number of Topliss-reactive ketones (excluding diaryl/α,β-unsaturated/α-hetero) is 1. The smallest absolute Gasteiger partial charge is 0.166 e. The van der Waals surface area contributed by atoms with Crippen LogP contribution in [0.2, 0.25) is 0 Å². The molecule has 0 radical (unpaired) electrons. The molecule has 3 aliphatic carbocycles. The first-order valence-corrected chi connectivity index (χ1v) is 10.2. The third-order valence-corrected chi connectivity index (χ3v) is 7.74. The van der Waals surface area contributed by atoms with Crippen LogP contribution in [0.3, 0.4) is 0 Å². The highest BCUT2D eigenvalue weighted by Crippen LogP contribution is 2.60. The second-order valence-electron chi connectivity index (χ2n) is 8.69. The van der Waals surface area contributed by atoms with E-state index in [0.717, 1.165) is 56.9 Å². The summed E-state index contributed by atoms with van der Waals surface area (Å²) in [6, 6.07) is 0. The summed E-state index contributed by atoms with van der Waals surface area (Å²) < 4.78 is 11.5. The van der Waals surface area contributed by atoms with Crippen molar-refractivity contribution in [3.8, 4) is 0 Å². The van der Waals surface area contributed by atoms with Crippen molar-refractivity contribution in [2.75, 3.05) is 13.2 Å². The number of aliphatic hydroxyl groups excluding tert-OH is 1. The molecule has 4 heteroatoms. The fourth-order valence-corrected chi connectivity index (χ4v) is 6.30. The molecule has 1 aliphatic heterocycles. The molecule has 0 aromatic rings. The highest BCUT2D eigenvalue weighted by Gasteiger charge is 2.55. The summed E-state index contributed by atoms with van der Waals surface area (Å²) in [7, 11) is 0. The third-order valence-electron chi connectivity index (χ3n) is 7.74. The summed E-state index contributed by atoms with van der Waals surface area (Å²) in [5, 5.41) is 10.6. The zero-order valence-electron chi connectivity index (χ0n) is 15.7. The summed E-state index contributed by atoms with van der Waals surface area (Å²) in [6.07, 6.45) is 8.20. The number of hydrogen-bond donors (Lipinski definition) is 1. The van der Waals surface area contributed by atoms with Gasteiger partial charge in [0.25, 0.3) is 0 Å². The van der Waals surface area contributed by atoms with Gasteiger partial charge in [0.05, 0.1) is 19.3 Å². The molecule has 1 N–H and O–H groups in total. The lowest BCUT2D eigenvalue weighted by atomic mass is 9.56. The lowest BCUT2D eigenvalue weighted by molar-refractivity contribution is -0.146. The number of ketones is 1. The van der Waals surface area contributed by atoms with Crippen molar-refractivity contribution in [3.63, 3.8) is 0 Å². The first-order valence-electron chi connectivity index (χ1n) is 10.2. The minimum atomic E-state index is -0.522. The van der Waals surface area contributed by atoms with E-state index in [9.17, 15) is 9.90 Å². The van der Waals surface area contributed by atoms with E-state index in [4.69, 9.17) is 9.47 Å². The number of carbonyl (C=O) groups excluding carboxylic acids is 1. The minimum Gasteiger partial charge on any atom is -0.393 e. The van der Waals surface area contributed by atoms with Crippen molar-refractivity contribution in [2.24, 2.45) is 17.3 Å². The molecule has 4 rings (SSSR count). The first-order chi connectivity index (χ1) is 12.0. The molecule has 1 heterocycles. The number of rotatable bonds is 4. The van der Waals surface area contributed by atoms with Crippen LogP contribution in [0, 0.1) is 17.3 Å². The Balaban J connectivity index is 1.58. The zero-order chi connectivity index (χ0) is 17.7. The van der Waals surface area contributed by atoms with Gasteiger partial charge in [-0.15, -0.1) is 0 Å². The monoisotopic (exact) mass is 348 g/mol. The molecular weight excluding hydrogens is 316 g/mol. The van der Waals surface area contributed by atoms with E-state index >= 15 is 0 Å². The summed E-state index contributed by atoms with van der Waals surface area (Å²) in [6.45, 7) is 5.53. The zero-order valence-corrected chi connectivity index (χ0v) is 15.7. The van der Waals surface area contributed by atoms with Crippen molar-refractivity contribution < 1.29 is 19.4 Å². The van der Waals surface area contributed by atoms with E-state index in [0.29, 0.717) is 37.3 Å². The average molecular weight is 348 g/mol. The van der Waals surface area contributed by atoms with Crippen molar-refractivity contribution in [1.29, 1.82) is 0 Å². The molecule has 4 atom stereocenters. The van der Waals surface area contributed by atoms with Gasteiger partial charge >= 0.3 is 0 Å². The minimum absolute atomic E-state index is 0.101. The molecule has 2 saturated carbocycles. The summed E-state index contributed by atoms with van der Waals surface area (Å²) >= 11 is 0. The first kappa shape index (κ1) is 17.7. The maximum Gasteiger partial charge on any atom is 0.166 e. The molecule has 0 aromatic carbocycles.